The van der Waals surface area contributed by atoms with E-state index in [4.69, 9.17) is 9.47 Å². The van der Waals surface area contributed by atoms with Crippen molar-refractivity contribution in [1.82, 2.24) is 9.88 Å². The van der Waals surface area contributed by atoms with Crippen LogP contribution in [0.2, 0.25) is 0 Å². The molecule has 2 aromatic carbocycles. The number of carbonyl (C=O) groups is 1. The van der Waals surface area contributed by atoms with Crippen LogP contribution < -0.4 is 9.47 Å². The van der Waals surface area contributed by atoms with Gasteiger partial charge in [-0.05, 0) is 48.2 Å². The minimum Gasteiger partial charge on any atom is -0.497 e. The second-order valence-electron chi connectivity index (χ2n) is 7.20. The normalized spacial score (nSPS) is 15.9. The lowest BCUT2D eigenvalue weighted by molar-refractivity contribution is -0.131. The number of amides is 1. The van der Waals surface area contributed by atoms with Crippen molar-refractivity contribution in [1.29, 1.82) is 0 Å². The Kier molecular flexibility index (Phi) is 6.28. The van der Waals surface area contributed by atoms with Crippen molar-refractivity contribution in [2.75, 3.05) is 13.7 Å². The molecule has 0 spiro atoms. The molecule has 1 unspecified atom stereocenters. The molecule has 1 aromatic heterocycles. The lowest BCUT2D eigenvalue weighted by atomic mass is 10.1. The highest BCUT2D eigenvalue weighted by molar-refractivity contribution is 7.09. The number of carbonyl (C=O) groups excluding carboxylic acids is 1. The Balaban J connectivity index is 1.38. The summed E-state index contributed by atoms with van der Waals surface area (Å²) in [6.45, 7) is 0.947. The molecule has 7 heteroatoms. The molecular formula is C23H23FN2O3S. The molecule has 0 N–H and O–H groups in total. The van der Waals surface area contributed by atoms with Crippen LogP contribution in [-0.4, -0.2) is 29.4 Å². The third-order valence-corrected chi connectivity index (χ3v) is 6.07. The molecule has 156 valence electrons. The third-order valence-electron chi connectivity index (χ3n) is 5.19. The van der Waals surface area contributed by atoms with E-state index in [0.29, 0.717) is 12.1 Å². The van der Waals surface area contributed by atoms with Crippen LogP contribution in [0.5, 0.6) is 11.5 Å². The Bertz CT molecular complexity index is 1010. The van der Waals surface area contributed by atoms with E-state index in [9.17, 15) is 9.18 Å². The summed E-state index contributed by atoms with van der Waals surface area (Å²) in [6.07, 6.45) is 3.81. The minimum atomic E-state index is -0.471. The van der Waals surface area contributed by atoms with Gasteiger partial charge in [-0.3, -0.25) is 4.79 Å². The van der Waals surface area contributed by atoms with Crippen molar-refractivity contribution in [3.8, 4) is 11.5 Å². The van der Waals surface area contributed by atoms with Crippen molar-refractivity contribution in [3.05, 3.63) is 76.0 Å². The number of likely N-dealkylation sites (tertiary alicyclic amines) is 1. The van der Waals surface area contributed by atoms with E-state index < -0.39 is 5.82 Å². The highest BCUT2D eigenvalue weighted by Crippen LogP contribution is 2.33. The first-order valence-corrected chi connectivity index (χ1v) is 10.7. The van der Waals surface area contributed by atoms with Crippen LogP contribution in [-0.2, 0) is 17.8 Å². The second kappa shape index (κ2) is 9.26. The van der Waals surface area contributed by atoms with Gasteiger partial charge in [-0.1, -0.05) is 18.2 Å². The van der Waals surface area contributed by atoms with Crippen LogP contribution in [0.25, 0.3) is 0 Å². The summed E-state index contributed by atoms with van der Waals surface area (Å²) in [4.78, 5) is 19.1. The highest BCUT2D eigenvalue weighted by Gasteiger charge is 2.31. The van der Waals surface area contributed by atoms with E-state index >= 15 is 0 Å². The SMILES string of the molecule is COc1cccc(COc2ccc(CC(=O)N3CCCC3c3nccs3)cc2F)c1. The summed E-state index contributed by atoms with van der Waals surface area (Å²) in [5, 5.41) is 2.89. The van der Waals surface area contributed by atoms with Gasteiger partial charge >= 0.3 is 0 Å². The number of thiazole rings is 1. The zero-order valence-corrected chi connectivity index (χ0v) is 17.5. The maximum atomic E-state index is 14.5. The van der Waals surface area contributed by atoms with Crippen LogP contribution in [0, 0.1) is 5.82 Å². The molecule has 0 bridgehead atoms. The van der Waals surface area contributed by atoms with Crippen LogP contribution in [0.4, 0.5) is 4.39 Å². The number of aromatic nitrogens is 1. The van der Waals surface area contributed by atoms with Crippen LogP contribution in [0.15, 0.2) is 54.0 Å². The molecule has 1 fully saturated rings. The second-order valence-corrected chi connectivity index (χ2v) is 8.12. The van der Waals surface area contributed by atoms with Gasteiger partial charge in [-0.15, -0.1) is 11.3 Å². The summed E-state index contributed by atoms with van der Waals surface area (Å²) < 4.78 is 25.3. The summed E-state index contributed by atoms with van der Waals surface area (Å²) in [6, 6.07) is 12.2. The maximum absolute atomic E-state index is 14.5. The lowest BCUT2D eigenvalue weighted by Crippen LogP contribution is -2.31. The van der Waals surface area contributed by atoms with Crippen molar-refractivity contribution in [2.45, 2.75) is 31.9 Å². The molecule has 30 heavy (non-hydrogen) atoms. The molecule has 1 aliphatic rings. The first-order valence-electron chi connectivity index (χ1n) is 9.87. The molecule has 1 atom stereocenters. The zero-order chi connectivity index (χ0) is 20.9. The average Bonchev–Trinajstić information content (AvgIpc) is 3.45. The van der Waals surface area contributed by atoms with E-state index in [-0.39, 0.29) is 30.7 Å². The molecule has 0 aliphatic carbocycles. The number of ether oxygens (including phenoxy) is 2. The zero-order valence-electron chi connectivity index (χ0n) is 16.7. The Morgan fingerprint density at radius 3 is 2.93 bits per heavy atom. The number of nitrogens with zero attached hydrogens (tertiary/aromatic N) is 2. The predicted molar refractivity (Wildman–Crippen MR) is 113 cm³/mol. The fourth-order valence-electron chi connectivity index (χ4n) is 3.69. The van der Waals surface area contributed by atoms with Gasteiger partial charge in [0.05, 0.1) is 19.6 Å². The molecule has 3 aromatic rings. The van der Waals surface area contributed by atoms with Gasteiger partial charge in [0.25, 0.3) is 0 Å². The summed E-state index contributed by atoms with van der Waals surface area (Å²) in [5.74, 6) is 0.414. The fraction of sp³-hybridized carbons (Fsp3) is 0.304. The molecule has 5 nitrogen and oxygen atoms in total. The Morgan fingerprint density at radius 2 is 2.17 bits per heavy atom. The van der Waals surface area contributed by atoms with Gasteiger partial charge in [-0.2, -0.15) is 0 Å². The van der Waals surface area contributed by atoms with Crippen LogP contribution >= 0.6 is 11.3 Å². The predicted octanol–water partition coefficient (Wildman–Crippen LogP) is 4.78. The monoisotopic (exact) mass is 426 g/mol. The van der Waals surface area contributed by atoms with Gasteiger partial charge in [0, 0.05) is 18.1 Å². The number of hydrogen-bond acceptors (Lipinski definition) is 5. The minimum absolute atomic E-state index is 0.00264. The van der Waals surface area contributed by atoms with Crippen molar-refractivity contribution in [3.63, 3.8) is 0 Å². The van der Waals surface area contributed by atoms with Gasteiger partial charge in [0.1, 0.15) is 17.4 Å². The Morgan fingerprint density at radius 1 is 1.27 bits per heavy atom. The third kappa shape index (κ3) is 4.62. The topological polar surface area (TPSA) is 51.7 Å². The number of hydrogen-bond donors (Lipinski definition) is 0. The van der Waals surface area contributed by atoms with E-state index in [1.54, 1.807) is 36.8 Å². The Labute approximate surface area is 179 Å². The molecule has 1 aliphatic heterocycles. The molecule has 0 saturated carbocycles. The molecule has 2 heterocycles. The van der Waals surface area contributed by atoms with Gasteiger partial charge in [-0.25, -0.2) is 9.37 Å². The Hall–Kier alpha value is -2.93. The van der Waals surface area contributed by atoms with Crippen molar-refractivity contribution in [2.24, 2.45) is 0 Å². The number of rotatable bonds is 7. The largest absolute Gasteiger partial charge is 0.497 e. The van der Waals surface area contributed by atoms with Crippen LogP contribution in [0.3, 0.4) is 0 Å². The molecule has 4 rings (SSSR count). The van der Waals surface area contributed by atoms with E-state index in [1.807, 2.05) is 34.5 Å². The number of halogens is 1. The molecule has 1 amide bonds. The number of methoxy groups -OCH3 is 1. The summed E-state index contributed by atoms with van der Waals surface area (Å²) in [5.41, 5.74) is 1.52. The first kappa shape index (κ1) is 20.3. The van der Waals surface area contributed by atoms with Gasteiger partial charge in [0.15, 0.2) is 11.6 Å². The van der Waals surface area contributed by atoms with E-state index in [2.05, 4.69) is 4.98 Å². The number of benzene rings is 2. The maximum Gasteiger partial charge on any atom is 0.227 e. The molecule has 1 saturated heterocycles. The van der Waals surface area contributed by atoms with E-state index in [0.717, 1.165) is 29.2 Å². The lowest BCUT2D eigenvalue weighted by Gasteiger charge is -2.23. The quantitative estimate of drug-likeness (QED) is 0.546. The van der Waals surface area contributed by atoms with Crippen LogP contribution in [0.1, 0.15) is 35.0 Å². The standard InChI is InChI=1S/C23H23FN2O3S/c1-28-18-5-2-4-17(12-18)15-29-21-8-7-16(13-19(21)24)14-22(27)26-10-3-6-20(26)23-25-9-11-30-23/h2,4-5,7-9,11-13,20H,3,6,10,14-15H2,1H3. The molecule has 0 radical (unpaired) electrons. The van der Waals surface area contributed by atoms with Gasteiger partial charge < -0.3 is 14.4 Å². The average molecular weight is 427 g/mol. The summed E-state index contributed by atoms with van der Waals surface area (Å²) in [7, 11) is 1.60. The smallest absolute Gasteiger partial charge is 0.227 e. The van der Waals surface area contributed by atoms with Crippen molar-refractivity contribution >= 4 is 17.2 Å². The molecular weight excluding hydrogens is 403 g/mol. The fourth-order valence-corrected chi connectivity index (χ4v) is 4.48. The highest BCUT2D eigenvalue weighted by atomic mass is 32.1. The summed E-state index contributed by atoms with van der Waals surface area (Å²) >= 11 is 1.57. The van der Waals surface area contributed by atoms with E-state index in [1.165, 1.54) is 6.07 Å². The first-order chi connectivity index (χ1) is 14.6. The van der Waals surface area contributed by atoms with Crippen molar-refractivity contribution < 1.29 is 18.7 Å². The van der Waals surface area contributed by atoms with Gasteiger partial charge in [0.2, 0.25) is 5.91 Å².